The van der Waals surface area contributed by atoms with Crippen molar-refractivity contribution in [3.8, 4) is 0 Å². The maximum Gasteiger partial charge on any atom is 0.315 e. The number of urea groups is 1. The number of primary amides is 1. The number of rotatable bonds is 11. The van der Waals surface area contributed by atoms with Gasteiger partial charge in [0.05, 0.1) is 17.3 Å². The van der Waals surface area contributed by atoms with Crippen molar-refractivity contribution in [1.29, 1.82) is 0 Å². The predicted octanol–water partition coefficient (Wildman–Crippen LogP) is 0.816. The molecule has 1 saturated heterocycles. The van der Waals surface area contributed by atoms with Gasteiger partial charge < -0.3 is 31.7 Å². The molecule has 5 unspecified atom stereocenters. The Kier molecular flexibility index (Phi) is 8.33. The Morgan fingerprint density at radius 2 is 1.65 bits per heavy atom. The maximum atomic E-state index is 14.2. The van der Waals surface area contributed by atoms with E-state index in [1.807, 2.05) is 20.8 Å². The highest BCUT2D eigenvalue weighted by Gasteiger charge is 2.79. The first-order valence-corrected chi connectivity index (χ1v) is 17.9. The molecule has 4 saturated carbocycles. The molecule has 12 nitrogen and oxygen atoms in total. The number of hydrogen-bond donors (Lipinski definition) is 5. The number of sulfone groups is 1. The first-order valence-electron chi connectivity index (χ1n) is 15.8. The molecule has 0 aromatic carbocycles. The molecule has 5 rings (SSSR count). The van der Waals surface area contributed by atoms with E-state index in [1.54, 1.807) is 4.90 Å². The minimum Gasteiger partial charge on any atom is -0.381 e. The van der Waals surface area contributed by atoms with Gasteiger partial charge in [0, 0.05) is 12.8 Å². The number of nitrogens with two attached hydrogens (primary N) is 1. The summed E-state index contributed by atoms with van der Waals surface area (Å²) < 4.78 is 24.5. The van der Waals surface area contributed by atoms with Gasteiger partial charge in [0.2, 0.25) is 17.7 Å². The van der Waals surface area contributed by atoms with Gasteiger partial charge in [0.15, 0.2) is 6.10 Å². The molecule has 4 aliphatic carbocycles. The Bertz CT molecular complexity index is 1250. The largest absolute Gasteiger partial charge is 0.381 e. The third-order valence-corrected chi connectivity index (χ3v) is 11.7. The van der Waals surface area contributed by atoms with Gasteiger partial charge in [-0.1, -0.05) is 52.9 Å². The maximum absolute atomic E-state index is 14.2. The number of aliphatic hydroxyl groups is 1. The summed E-state index contributed by atoms with van der Waals surface area (Å²) in [6.45, 7) is 5.92. The minimum atomic E-state index is -3.37. The van der Waals surface area contributed by atoms with Gasteiger partial charge in [0.1, 0.15) is 21.9 Å². The number of fused-ring (bicyclic) bond motifs is 3. The molecule has 1 aliphatic heterocycles. The van der Waals surface area contributed by atoms with E-state index in [2.05, 4.69) is 16.0 Å². The van der Waals surface area contributed by atoms with Crippen LogP contribution in [0.3, 0.4) is 0 Å². The van der Waals surface area contributed by atoms with Gasteiger partial charge in [-0.15, -0.1) is 0 Å². The monoisotopic (exact) mass is 623 g/mol. The molecule has 5 aliphatic rings. The van der Waals surface area contributed by atoms with Crippen molar-refractivity contribution >= 4 is 33.6 Å². The molecule has 0 aromatic rings. The number of likely N-dealkylation sites (tertiary alicyclic amines) is 1. The van der Waals surface area contributed by atoms with E-state index in [4.69, 9.17) is 5.73 Å². The standard InChI is InChI=1S/C30H49N5O7S/c1-28(2,3)23(33-27(40)34-29(16-43(4,41)42)10-6-5-7-11-29)26(39)35-15-18-20(30(18)12-13-30)21(35)25(38)32-19(14-17-8-9-17)22(36)24(31)37/h17-23,36H,5-16H2,1-4H3,(H2,31,37)(H,32,38)(H2,33,34,40)/t18?,19?,20?,21?,22?,23-/m1/s1. The van der Waals surface area contributed by atoms with Gasteiger partial charge in [0.25, 0.3) is 0 Å². The Morgan fingerprint density at radius 3 is 2.16 bits per heavy atom. The summed E-state index contributed by atoms with van der Waals surface area (Å²) in [5, 5.41) is 19.1. The van der Waals surface area contributed by atoms with E-state index in [0.717, 1.165) is 44.9 Å². The van der Waals surface area contributed by atoms with Crippen LogP contribution >= 0.6 is 0 Å². The predicted molar refractivity (Wildman–Crippen MR) is 159 cm³/mol. The molecular weight excluding hydrogens is 574 g/mol. The van der Waals surface area contributed by atoms with Crippen molar-refractivity contribution in [2.75, 3.05) is 18.6 Å². The van der Waals surface area contributed by atoms with Crippen molar-refractivity contribution in [1.82, 2.24) is 20.9 Å². The van der Waals surface area contributed by atoms with Crippen LogP contribution in [0, 0.1) is 28.6 Å². The molecule has 13 heteroatoms. The number of carbonyl (C=O) groups is 4. The Hall–Kier alpha value is -2.41. The molecule has 6 atom stereocenters. The number of hydrogen-bond acceptors (Lipinski definition) is 7. The Labute approximate surface area is 254 Å². The molecule has 5 fully saturated rings. The lowest BCUT2D eigenvalue weighted by molar-refractivity contribution is -0.144. The average molecular weight is 624 g/mol. The SMILES string of the molecule is CC(C)(C)[C@H](NC(=O)NC1(CS(C)(=O)=O)CCCCC1)C(=O)N1CC2C(C1C(=O)NC(CC1CC1)C(O)C(N)=O)C21CC1. The third-order valence-electron chi connectivity index (χ3n) is 10.6. The van der Waals surface area contributed by atoms with Crippen LogP contribution < -0.4 is 21.7 Å². The highest BCUT2D eigenvalue weighted by Crippen LogP contribution is 2.78. The van der Waals surface area contributed by atoms with Crippen molar-refractivity contribution in [2.24, 2.45) is 34.3 Å². The molecule has 1 heterocycles. The van der Waals surface area contributed by atoms with Crippen LogP contribution in [0.5, 0.6) is 0 Å². The average Bonchev–Trinajstić information content (AvgIpc) is 3.85. The lowest BCUT2D eigenvalue weighted by Crippen LogP contribution is -2.63. The summed E-state index contributed by atoms with van der Waals surface area (Å²) in [4.78, 5) is 54.9. The summed E-state index contributed by atoms with van der Waals surface area (Å²) in [7, 11) is -3.37. The Morgan fingerprint density at radius 1 is 1.02 bits per heavy atom. The lowest BCUT2D eigenvalue weighted by Gasteiger charge is -2.40. The fraction of sp³-hybridized carbons (Fsp3) is 0.867. The first-order chi connectivity index (χ1) is 20.0. The highest BCUT2D eigenvalue weighted by atomic mass is 32.2. The van der Waals surface area contributed by atoms with Crippen molar-refractivity contribution < 1.29 is 32.7 Å². The topological polar surface area (TPSA) is 188 Å². The van der Waals surface area contributed by atoms with Crippen LogP contribution in [0.4, 0.5) is 4.79 Å². The van der Waals surface area contributed by atoms with Gasteiger partial charge in [-0.05, 0) is 60.7 Å². The zero-order valence-electron chi connectivity index (χ0n) is 25.9. The molecule has 6 N–H and O–H groups in total. The van der Waals surface area contributed by atoms with E-state index in [-0.39, 0.29) is 28.9 Å². The van der Waals surface area contributed by atoms with Gasteiger partial charge in [-0.2, -0.15) is 0 Å². The molecule has 0 radical (unpaired) electrons. The first kappa shape index (κ1) is 32.0. The summed E-state index contributed by atoms with van der Waals surface area (Å²) >= 11 is 0. The van der Waals surface area contributed by atoms with E-state index in [0.29, 0.717) is 31.7 Å². The van der Waals surface area contributed by atoms with Crippen LogP contribution in [0.1, 0.15) is 85.0 Å². The fourth-order valence-corrected chi connectivity index (χ4v) is 9.41. The summed E-state index contributed by atoms with van der Waals surface area (Å²) in [6, 6.07) is -3.18. The normalized spacial score (nSPS) is 29.1. The number of amides is 5. The minimum absolute atomic E-state index is 0.00143. The number of nitrogens with zero attached hydrogens (tertiary/aromatic N) is 1. The number of aliphatic hydroxyl groups excluding tert-OH is 1. The number of nitrogens with one attached hydrogen (secondary N) is 3. The highest BCUT2D eigenvalue weighted by molar-refractivity contribution is 7.90. The number of carbonyl (C=O) groups excluding carboxylic acids is 4. The van der Waals surface area contributed by atoms with E-state index >= 15 is 0 Å². The second-order valence-corrected chi connectivity index (χ2v) is 17.4. The van der Waals surface area contributed by atoms with Crippen LogP contribution in [0.2, 0.25) is 0 Å². The molecule has 0 bridgehead atoms. The Balaban J connectivity index is 1.33. The molecular formula is C30H49N5O7S. The van der Waals surface area contributed by atoms with Gasteiger partial charge >= 0.3 is 6.03 Å². The number of piperidine rings is 1. The van der Waals surface area contributed by atoms with Crippen LogP contribution in [-0.2, 0) is 24.2 Å². The fourth-order valence-electron chi connectivity index (χ4n) is 8.05. The van der Waals surface area contributed by atoms with E-state index in [9.17, 15) is 32.7 Å². The second-order valence-electron chi connectivity index (χ2n) is 15.3. The lowest BCUT2D eigenvalue weighted by atomic mass is 9.83. The molecule has 1 spiro atoms. The van der Waals surface area contributed by atoms with Crippen molar-refractivity contribution in [3.63, 3.8) is 0 Å². The van der Waals surface area contributed by atoms with Gasteiger partial charge in [-0.3, -0.25) is 14.4 Å². The second kappa shape index (κ2) is 11.2. The van der Waals surface area contributed by atoms with Crippen LogP contribution in [0.25, 0.3) is 0 Å². The molecule has 5 amide bonds. The van der Waals surface area contributed by atoms with Crippen molar-refractivity contribution in [3.05, 3.63) is 0 Å². The van der Waals surface area contributed by atoms with E-state index < -0.39 is 62.9 Å². The van der Waals surface area contributed by atoms with Crippen molar-refractivity contribution in [2.45, 2.75) is 115 Å². The van der Waals surface area contributed by atoms with Crippen LogP contribution in [-0.4, -0.2) is 90.5 Å². The molecule has 242 valence electrons. The summed E-state index contributed by atoms with van der Waals surface area (Å²) in [5.41, 5.74) is 3.85. The third kappa shape index (κ3) is 6.82. The summed E-state index contributed by atoms with van der Waals surface area (Å²) in [6.07, 6.45) is 7.70. The molecule has 43 heavy (non-hydrogen) atoms. The van der Waals surface area contributed by atoms with E-state index in [1.165, 1.54) is 6.26 Å². The van der Waals surface area contributed by atoms with Crippen LogP contribution in [0.15, 0.2) is 0 Å². The summed E-state index contributed by atoms with van der Waals surface area (Å²) in [5.74, 6) is -1.33. The quantitative estimate of drug-likeness (QED) is 0.225. The zero-order valence-corrected chi connectivity index (χ0v) is 26.7. The zero-order chi connectivity index (χ0) is 31.5. The smallest absolute Gasteiger partial charge is 0.315 e. The molecule has 0 aromatic heterocycles. The van der Waals surface area contributed by atoms with Gasteiger partial charge in [-0.25, -0.2) is 13.2 Å².